The Morgan fingerprint density at radius 2 is 2.14 bits per heavy atom. The zero-order valence-electron chi connectivity index (χ0n) is 16.7. The second-order valence-electron chi connectivity index (χ2n) is 7.13. The van der Waals surface area contributed by atoms with Crippen molar-refractivity contribution in [3.63, 3.8) is 0 Å². The number of amides is 1. The van der Waals surface area contributed by atoms with E-state index in [9.17, 15) is 9.18 Å². The van der Waals surface area contributed by atoms with Gasteiger partial charge in [-0.15, -0.1) is 0 Å². The third kappa shape index (κ3) is 5.34. The topological polar surface area (TPSA) is 50.8 Å². The van der Waals surface area contributed by atoms with Gasteiger partial charge in [0.15, 0.2) is 0 Å². The first-order valence-corrected chi connectivity index (χ1v) is 10.0. The van der Waals surface area contributed by atoms with E-state index < -0.39 is 6.04 Å². The number of benzene rings is 2. The summed E-state index contributed by atoms with van der Waals surface area (Å²) in [5, 5.41) is 3.31. The van der Waals surface area contributed by atoms with E-state index >= 15 is 0 Å². The van der Waals surface area contributed by atoms with Gasteiger partial charge >= 0.3 is 0 Å². The van der Waals surface area contributed by atoms with Gasteiger partial charge in [0.1, 0.15) is 5.82 Å². The molecule has 1 amide bonds. The van der Waals surface area contributed by atoms with Crippen LogP contribution in [-0.2, 0) is 16.1 Å². The van der Waals surface area contributed by atoms with Crippen LogP contribution in [0.2, 0.25) is 5.02 Å². The van der Waals surface area contributed by atoms with E-state index in [4.69, 9.17) is 21.1 Å². The number of hydrogen-bond acceptors (Lipinski definition) is 4. The molecule has 1 N–H and O–H groups in total. The monoisotopic (exact) mass is 420 g/mol. The Labute approximate surface area is 175 Å². The lowest BCUT2D eigenvalue weighted by molar-refractivity contribution is -0.0346. The minimum absolute atomic E-state index is 0.0231. The molecule has 1 aliphatic heterocycles. The minimum Gasteiger partial charge on any atom is -0.380 e. The summed E-state index contributed by atoms with van der Waals surface area (Å²) in [6.07, 6.45) is 0.0231. The first kappa shape index (κ1) is 21.7. The molecule has 1 saturated heterocycles. The van der Waals surface area contributed by atoms with E-state index in [0.717, 1.165) is 5.56 Å². The summed E-state index contributed by atoms with van der Waals surface area (Å²) in [6, 6.07) is 11.5. The highest BCUT2D eigenvalue weighted by molar-refractivity contribution is 6.31. The fraction of sp³-hybridized carbons (Fsp3) is 0.409. The highest BCUT2D eigenvalue weighted by atomic mass is 35.5. The molecule has 2 aromatic rings. The van der Waals surface area contributed by atoms with Crippen molar-refractivity contribution in [3.8, 4) is 0 Å². The predicted molar refractivity (Wildman–Crippen MR) is 111 cm³/mol. The first-order chi connectivity index (χ1) is 14.0. The number of nitrogens with zero attached hydrogens (tertiary/aromatic N) is 1. The molecule has 2 atom stereocenters. The van der Waals surface area contributed by atoms with Gasteiger partial charge in [0, 0.05) is 42.9 Å². The average Bonchev–Trinajstić information content (AvgIpc) is 2.70. The molecular weight excluding hydrogens is 395 g/mol. The molecule has 2 unspecified atom stereocenters. The van der Waals surface area contributed by atoms with E-state index in [1.165, 1.54) is 6.07 Å². The van der Waals surface area contributed by atoms with Crippen LogP contribution in [0.3, 0.4) is 0 Å². The van der Waals surface area contributed by atoms with Crippen LogP contribution in [-0.4, -0.2) is 50.3 Å². The summed E-state index contributed by atoms with van der Waals surface area (Å²) >= 11 is 6.35. The van der Waals surface area contributed by atoms with Gasteiger partial charge in [-0.1, -0.05) is 35.9 Å². The molecule has 0 saturated carbocycles. The Bertz CT molecular complexity index is 828. The van der Waals surface area contributed by atoms with Crippen molar-refractivity contribution in [2.75, 3.05) is 33.4 Å². The molecule has 1 heterocycles. The van der Waals surface area contributed by atoms with Gasteiger partial charge in [0.25, 0.3) is 5.91 Å². The summed E-state index contributed by atoms with van der Waals surface area (Å²) < 4.78 is 25.5. The zero-order valence-corrected chi connectivity index (χ0v) is 17.4. The highest BCUT2D eigenvalue weighted by Crippen LogP contribution is 2.31. The van der Waals surface area contributed by atoms with Gasteiger partial charge in [-0.25, -0.2) is 4.39 Å². The number of halogens is 2. The van der Waals surface area contributed by atoms with Gasteiger partial charge in [-0.05, 0) is 30.7 Å². The van der Waals surface area contributed by atoms with Crippen LogP contribution in [0.4, 0.5) is 4.39 Å². The van der Waals surface area contributed by atoms with Crippen molar-refractivity contribution in [1.82, 2.24) is 10.2 Å². The lowest BCUT2D eigenvalue weighted by Gasteiger charge is -2.38. The van der Waals surface area contributed by atoms with Crippen molar-refractivity contribution in [3.05, 3.63) is 70.0 Å². The number of ether oxygens (including phenoxy) is 2. The van der Waals surface area contributed by atoms with Crippen LogP contribution in [0.25, 0.3) is 0 Å². The number of carbonyl (C=O) groups is 1. The number of rotatable bonds is 7. The molecule has 0 bridgehead atoms. The standard InChI is InChI=1S/C22H26ClFN2O3/c1-15-13-26(10-11-29-15)20(21-18(23)8-5-9-19(21)24)12-25-22(27)17-7-4-3-6-16(17)14-28-2/h3-9,15,20H,10-14H2,1-2H3,(H,25,27). The van der Waals surface area contributed by atoms with E-state index in [1.54, 1.807) is 25.3 Å². The summed E-state index contributed by atoms with van der Waals surface area (Å²) in [7, 11) is 1.59. The number of carbonyl (C=O) groups excluding carboxylic acids is 1. The summed E-state index contributed by atoms with van der Waals surface area (Å²) in [6.45, 7) is 4.36. The first-order valence-electron chi connectivity index (χ1n) is 9.66. The Hall–Kier alpha value is -1.99. The third-order valence-corrected chi connectivity index (χ3v) is 5.39. The van der Waals surface area contributed by atoms with Crippen molar-refractivity contribution in [2.45, 2.75) is 25.7 Å². The third-order valence-electron chi connectivity index (χ3n) is 5.06. The Morgan fingerprint density at radius 1 is 1.34 bits per heavy atom. The van der Waals surface area contributed by atoms with Gasteiger partial charge in [0.05, 0.1) is 25.4 Å². The van der Waals surface area contributed by atoms with Gasteiger partial charge in [-0.3, -0.25) is 9.69 Å². The van der Waals surface area contributed by atoms with Gasteiger partial charge in [-0.2, -0.15) is 0 Å². The lowest BCUT2D eigenvalue weighted by atomic mass is 10.0. The smallest absolute Gasteiger partial charge is 0.251 e. The number of morpholine rings is 1. The lowest BCUT2D eigenvalue weighted by Crippen LogP contribution is -2.47. The van der Waals surface area contributed by atoms with Crippen LogP contribution in [0.1, 0.15) is 34.5 Å². The van der Waals surface area contributed by atoms with Crippen LogP contribution in [0.5, 0.6) is 0 Å². The maximum absolute atomic E-state index is 14.7. The molecule has 0 radical (unpaired) electrons. The zero-order chi connectivity index (χ0) is 20.8. The molecule has 7 heteroatoms. The molecule has 0 aliphatic carbocycles. The Morgan fingerprint density at radius 3 is 2.86 bits per heavy atom. The fourth-order valence-electron chi connectivity index (χ4n) is 3.68. The summed E-state index contributed by atoms with van der Waals surface area (Å²) in [4.78, 5) is 15.0. The van der Waals surface area contributed by atoms with E-state index in [-0.39, 0.29) is 24.4 Å². The molecule has 0 aromatic heterocycles. The normalized spacial score (nSPS) is 18.4. The summed E-state index contributed by atoms with van der Waals surface area (Å²) in [5.74, 6) is -0.605. The molecule has 5 nitrogen and oxygen atoms in total. The maximum atomic E-state index is 14.7. The second-order valence-corrected chi connectivity index (χ2v) is 7.53. The van der Waals surface area contributed by atoms with Crippen molar-refractivity contribution in [1.29, 1.82) is 0 Å². The largest absolute Gasteiger partial charge is 0.380 e. The molecule has 2 aromatic carbocycles. The fourth-order valence-corrected chi connectivity index (χ4v) is 3.97. The molecule has 1 aliphatic rings. The predicted octanol–water partition coefficient (Wildman–Crippen LogP) is 3.82. The number of methoxy groups -OCH3 is 1. The highest BCUT2D eigenvalue weighted by Gasteiger charge is 2.29. The minimum atomic E-state index is -0.395. The van der Waals surface area contributed by atoms with Crippen LogP contribution in [0, 0.1) is 5.82 Å². The number of nitrogens with one attached hydrogen (secondary N) is 1. The Balaban J connectivity index is 1.83. The van der Waals surface area contributed by atoms with Crippen LogP contribution >= 0.6 is 11.6 Å². The van der Waals surface area contributed by atoms with Crippen molar-refractivity contribution >= 4 is 17.5 Å². The van der Waals surface area contributed by atoms with Crippen molar-refractivity contribution < 1.29 is 18.7 Å². The molecule has 3 rings (SSSR count). The average molecular weight is 421 g/mol. The summed E-state index contributed by atoms with van der Waals surface area (Å²) in [5.41, 5.74) is 1.74. The number of hydrogen-bond donors (Lipinski definition) is 1. The van der Waals surface area contributed by atoms with Crippen LogP contribution in [0.15, 0.2) is 42.5 Å². The van der Waals surface area contributed by atoms with Gasteiger partial charge in [0.2, 0.25) is 0 Å². The quantitative estimate of drug-likeness (QED) is 0.739. The molecule has 1 fully saturated rings. The molecule has 29 heavy (non-hydrogen) atoms. The second kappa shape index (κ2) is 10.2. The Kier molecular flexibility index (Phi) is 7.61. The van der Waals surface area contributed by atoms with Gasteiger partial charge < -0.3 is 14.8 Å². The maximum Gasteiger partial charge on any atom is 0.251 e. The molecule has 156 valence electrons. The van der Waals surface area contributed by atoms with E-state index in [0.29, 0.717) is 42.5 Å². The van der Waals surface area contributed by atoms with Crippen molar-refractivity contribution in [2.24, 2.45) is 0 Å². The molecule has 0 spiro atoms. The van der Waals surface area contributed by atoms with Crippen LogP contribution < -0.4 is 5.32 Å². The molecular formula is C22H26ClFN2O3. The van der Waals surface area contributed by atoms with E-state index in [1.807, 2.05) is 25.1 Å². The SMILES string of the molecule is COCc1ccccc1C(=O)NCC(c1c(F)cccc1Cl)N1CCOC(C)C1. The van der Waals surface area contributed by atoms with E-state index in [2.05, 4.69) is 10.2 Å².